The molecule has 0 N–H and O–H groups in total. The van der Waals surface area contributed by atoms with E-state index in [1.165, 1.54) is 37.2 Å². The van der Waals surface area contributed by atoms with Gasteiger partial charge in [0.15, 0.2) is 16.3 Å². The van der Waals surface area contributed by atoms with Gasteiger partial charge in [0.25, 0.3) is 5.56 Å². The molecule has 42 heavy (non-hydrogen) atoms. The average Bonchev–Trinajstić information content (AvgIpc) is 3.34. The first-order valence-corrected chi connectivity index (χ1v) is 13.9. The van der Waals surface area contributed by atoms with E-state index in [1.54, 1.807) is 55.5 Å². The van der Waals surface area contributed by atoms with Crippen LogP contribution in [0.25, 0.3) is 11.8 Å². The highest BCUT2D eigenvalue weighted by atomic mass is 32.1. The molecule has 1 aliphatic heterocycles. The number of fused-ring (bicyclic) bond motifs is 1. The molecule has 0 aliphatic carbocycles. The first-order chi connectivity index (χ1) is 20.4. The summed E-state index contributed by atoms with van der Waals surface area (Å²) in [5.41, 5.74) is 2.76. The third kappa shape index (κ3) is 5.36. The highest BCUT2D eigenvalue weighted by molar-refractivity contribution is 7.07. The fraction of sp³-hybridized carbons (Fsp3) is 0.188. The molecular weight excluding hydrogens is 556 g/mol. The molecule has 0 spiro atoms. The maximum Gasteiger partial charge on any atom is 0.338 e. The lowest BCUT2D eigenvalue weighted by atomic mass is 9.93. The molecule has 0 saturated carbocycles. The average molecular weight is 585 g/mol. The van der Waals surface area contributed by atoms with Crippen LogP contribution in [0.3, 0.4) is 0 Å². The Balaban J connectivity index is 1.78. The van der Waals surface area contributed by atoms with Crippen molar-refractivity contribution in [3.8, 4) is 11.5 Å². The van der Waals surface area contributed by atoms with Crippen LogP contribution in [-0.4, -0.2) is 44.4 Å². The van der Waals surface area contributed by atoms with Gasteiger partial charge in [-0.1, -0.05) is 59.9 Å². The van der Waals surface area contributed by atoms with Crippen molar-refractivity contribution < 1.29 is 28.5 Å². The minimum Gasteiger partial charge on any atom is -0.493 e. The third-order valence-electron chi connectivity index (χ3n) is 6.73. The number of carbonyl (C=O) groups is 2. The molecule has 0 fully saturated rings. The van der Waals surface area contributed by atoms with Crippen LogP contribution in [0, 0.1) is 0 Å². The Morgan fingerprint density at radius 3 is 2.29 bits per heavy atom. The number of ether oxygens (including phenoxy) is 4. The van der Waals surface area contributed by atoms with Crippen LogP contribution in [0.15, 0.2) is 88.2 Å². The zero-order valence-corrected chi connectivity index (χ0v) is 24.3. The summed E-state index contributed by atoms with van der Waals surface area (Å²) in [7, 11) is 4.38. The van der Waals surface area contributed by atoms with E-state index in [2.05, 4.69) is 0 Å². The fourth-order valence-corrected chi connectivity index (χ4v) is 5.76. The van der Waals surface area contributed by atoms with Gasteiger partial charge in [-0.25, -0.2) is 14.6 Å². The predicted octanol–water partition coefficient (Wildman–Crippen LogP) is 3.74. The normalized spacial score (nSPS) is 14.6. The maximum atomic E-state index is 14.0. The third-order valence-corrected chi connectivity index (χ3v) is 7.71. The quantitative estimate of drug-likeness (QED) is 0.291. The standard InChI is InChI=1S/C32H28N2O7S/c1-5-41-31(37)26-27(20-9-7-6-8-10-20)33-32-34(28(26)22-15-16-23(38-2)24(18-22)39-3)29(35)25(42-32)17-19-11-13-21(14-12-19)30(36)40-4/h6-18,28H,5H2,1-4H3/b25-17-/t28-/m0/s1. The zero-order chi connectivity index (χ0) is 29.8. The highest BCUT2D eigenvalue weighted by Crippen LogP contribution is 2.38. The molecule has 4 aromatic rings. The fourth-order valence-electron chi connectivity index (χ4n) is 4.76. The van der Waals surface area contributed by atoms with Crippen LogP contribution in [0.1, 0.15) is 40.0 Å². The molecule has 0 saturated heterocycles. The van der Waals surface area contributed by atoms with Gasteiger partial charge in [0.05, 0.1) is 55.3 Å². The topological polar surface area (TPSA) is 105 Å². The molecule has 214 valence electrons. The van der Waals surface area contributed by atoms with Gasteiger partial charge in [-0.3, -0.25) is 9.36 Å². The molecule has 1 aromatic heterocycles. The van der Waals surface area contributed by atoms with E-state index in [1.807, 2.05) is 30.3 Å². The number of rotatable bonds is 8. The Bertz CT molecular complexity index is 1860. The summed E-state index contributed by atoms with van der Waals surface area (Å²) in [6, 6.07) is 20.5. The van der Waals surface area contributed by atoms with Crippen molar-refractivity contribution >= 4 is 35.0 Å². The van der Waals surface area contributed by atoms with Gasteiger partial charge < -0.3 is 18.9 Å². The van der Waals surface area contributed by atoms with E-state index >= 15 is 0 Å². The monoisotopic (exact) mass is 584 g/mol. The first-order valence-electron chi connectivity index (χ1n) is 13.1. The lowest BCUT2D eigenvalue weighted by molar-refractivity contribution is -0.138. The summed E-state index contributed by atoms with van der Waals surface area (Å²) in [5, 5.41) is 0. The van der Waals surface area contributed by atoms with Gasteiger partial charge >= 0.3 is 11.9 Å². The SMILES string of the molecule is CCOC(=O)C1=C(c2ccccc2)N=c2s/c(=C\c3ccc(C(=O)OC)cc3)c(=O)n2[C@H]1c1ccc(OC)c(OC)c1. The van der Waals surface area contributed by atoms with Crippen molar-refractivity contribution in [1.82, 2.24) is 4.57 Å². The van der Waals surface area contributed by atoms with Gasteiger partial charge in [-0.05, 0) is 48.4 Å². The molecule has 0 amide bonds. The largest absolute Gasteiger partial charge is 0.493 e. The second-order valence-electron chi connectivity index (χ2n) is 9.16. The number of nitrogens with zero attached hydrogens (tertiary/aromatic N) is 2. The van der Waals surface area contributed by atoms with E-state index in [0.717, 1.165) is 0 Å². The van der Waals surface area contributed by atoms with Crippen LogP contribution in [0.5, 0.6) is 11.5 Å². The van der Waals surface area contributed by atoms with Gasteiger partial charge in [0, 0.05) is 5.56 Å². The summed E-state index contributed by atoms with van der Waals surface area (Å²) >= 11 is 1.21. The van der Waals surface area contributed by atoms with Crippen molar-refractivity contribution in [2.75, 3.05) is 27.9 Å². The Hall–Kier alpha value is -4.96. The highest BCUT2D eigenvalue weighted by Gasteiger charge is 2.35. The number of carbonyl (C=O) groups excluding carboxylic acids is 2. The van der Waals surface area contributed by atoms with E-state index < -0.39 is 18.0 Å². The Labute approximate surface area is 245 Å². The number of methoxy groups -OCH3 is 3. The zero-order valence-electron chi connectivity index (χ0n) is 23.5. The van der Waals surface area contributed by atoms with E-state index in [0.29, 0.717) is 48.8 Å². The second kappa shape index (κ2) is 12.3. The molecule has 5 rings (SSSR count). The molecule has 0 unspecified atom stereocenters. The number of esters is 2. The second-order valence-corrected chi connectivity index (χ2v) is 10.2. The van der Waals surface area contributed by atoms with Gasteiger partial charge in [-0.15, -0.1) is 0 Å². The molecule has 1 aliphatic rings. The van der Waals surface area contributed by atoms with Crippen molar-refractivity contribution in [2.45, 2.75) is 13.0 Å². The van der Waals surface area contributed by atoms with Crippen LogP contribution in [0.2, 0.25) is 0 Å². The predicted molar refractivity (Wildman–Crippen MR) is 158 cm³/mol. The van der Waals surface area contributed by atoms with Crippen molar-refractivity contribution in [3.05, 3.63) is 120 Å². The minimum atomic E-state index is -0.862. The molecular formula is C32H28N2O7S. The molecule has 3 aromatic carbocycles. The molecule has 9 nitrogen and oxygen atoms in total. The Morgan fingerprint density at radius 2 is 1.64 bits per heavy atom. The number of hydrogen-bond donors (Lipinski definition) is 0. The van der Waals surface area contributed by atoms with Crippen molar-refractivity contribution in [2.24, 2.45) is 4.99 Å². The van der Waals surface area contributed by atoms with Gasteiger partial charge in [0.1, 0.15) is 0 Å². The number of benzene rings is 3. The van der Waals surface area contributed by atoms with E-state index in [-0.39, 0.29) is 17.7 Å². The lowest BCUT2D eigenvalue weighted by Crippen LogP contribution is -2.40. The van der Waals surface area contributed by atoms with Gasteiger partial charge in [-0.2, -0.15) is 0 Å². The lowest BCUT2D eigenvalue weighted by Gasteiger charge is -2.26. The molecule has 10 heteroatoms. The van der Waals surface area contributed by atoms with Crippen LogP contribution >= 0.6 is 11.3 Å². The summed E-state index contributed by atoms with van der Waals surface area (Å²) in [5.74, 6) is -0.0679. The molecule has 1 atom stereocenters. The van der Waals surface area contributed by atoms with E-state index in [4.69, 9.17) is 23.9 Å². The number of aromatic nitrogens is 1. The summed E-state index contributed by atoms with van der Waals surface area (Å²) in [6.07, 6.45) is 1.73. The minimum absolute atomic E-state index is 0.148. The summed E-state index contributed by atoms with van der Waals surface area (Å²) in [4.78, 5) is 44.8. The van der Waals surface area contributed by atoms with E-state index in [9.17, 15) is 14.4 Å². The van der Waals surface area contributed by atoms with Gasteiger partial charge in [0.2, 0.25) is 0 Å². The maximum absolute atomic E-state index is 14.0. The van der Waals surface area contributed by atoms with Crippen LogP contribution in [-0.2, 0) is 14.3 Å². The van der Waals surface area contributed by atoms with Crippen LogP contribution < -0.4 is 24.4 Å². The Kier molecular flexibility index (Phi) is 8.35. The molecule has 2 heterocycles. The summed E-state index contributed by atoms with van der Waals surface area (Å²) < 4.78 is 23.2. The smallest absolute Gasteiger partial charge is 0.338 e. The number of thiazole rings is 1. The van der Waals surface area contributed by atoms with Crippen LogP contribution in [0.4, 0.5) is 0 Å². The number of hydrogen-bond acceptors (Lipinski definition) is 9. The van der Waals surface area contributed by atoms with Crippen molar-refractivity contribution in [3.63, 3.8) is 0 Å². The molecule has 0 radical (unpaired) electrons. The first kappa shape index (κ1) is 28.6. The Morgan fingerprint density at radius 1 is 0.929 bits per heavy atom. The molecule has 0 bridgehead atoms. The summed E-state index contributed by atoms with van der Waals surface area (Å²) in [6.45, 7) is 1.88. The van der Waals surface area contributed by atoms with Crippen molar-refractivity contribution in [1.29, 1.82) is 0 Å².